The molecule has 0 saturated carbocycles. The smallest absolute Gasteiger partial charge is 0.164 e. The van der Waals surface area contributed by atoms with E-state index in [1.807, 2.05) is 42.9 Å². The van der Waals surface area contributed by atoms with Crippen LogP contribution in [0.1, 0.15) is 25.6 Å². The Morgan fingerprint density at radius 1 is 1.06 bits per heavy atom. The van der Waals surface area contributed by atoms with Crippen molar-refractivity contribution in [3.63, 3.8) is 0 Å². The lowest BCUT2D eigenvalue weighted by Gasteiger charge is -2.25. The van der Waals surface area contributed by atoms with Gasteiger partial charge in [0.25, 0.3) is 0 Å². The van der Waals surface area contributed by atoms with Crippen LogP contribution in [0, 0.1) is 0 Å². The van der Waals surface area contributed by atoms with Crippen LogP contribution in [0.5, 0.6) is 0 Å². The van der Waals surface area contributed by atoms with Crippen molar-refractivity contribution in [2.45, 2.75) is 50.6 Å². The van der Waals surface area contributed by atoms with E-state index in [9.17, 15) is 0 Å². The zero-order valence-corrected chi connectivity index (χ0v) is 17.9. The molecule has 1 aromatic carbocycles. The van der Waals surface area contributed by atoms with Crippen LogP contribution in [0.2, 0.25) is 5.15 Å². The topological polar surface area (TPSA) is 71.3 Å². The van der Waals surface area contributed by atoms with E-state index in [0.29, 0.717) is 17.2 Å². The fourth-order valence-corrected chi connectivity index (χ4v) is 4.86. The molecule has 0 spiro atoms. The van der Waals surface area contributed by atoms with Gasteiger partial charge in [-0.3, -0.25) is 4.98 Å². The Morgan fingerprint density at radius 2 is 1.94 bits per heavy atom. The first-order valence-corrected chi connectivity index (χ1v) is 10.7. The van der Waals surface area contributed by atoms with Crippen LogP contribution in [-0.4, -0.2) is 43.6 Å². The third kappa shape index (κ3) is 3.20. The lowest BCUT2D eigenvalue weighted by atomic mass is 10.0. The molecule has 0 bridgehead atoms. The second-order valence-electron chi connectivity index (χ2n) is 8.49. The average molecular weight is 437 g/mol. The fraction of sp³-hybridized carbons (Fsp3) is 0.348. The summed E-state index contributed by atoms with van der Waals surface area (Å²) in [7, 11) is 0. The zero-order valence-electron chi connectivity index (χ0n) is 17.1. The molecule has 2 saturated heterocycles. The summed E-state index contributed by atoms with van der Waals surface area (Å²) < 4.78 is 21.0. The molecular formula is C23H21ClN4O3. The monoisotopic (exact) mass is 436 g/mol. The Bertz CT molecular complexity index is 1290. The standard InChI is InChI=1S/C23H21ClN4O3/c1-23(2)30-18-17(11-13-5-6-14-4-3-8-25-16(14)10-13)29-22(19(18)31-23)28-9-7-15-20(24)26-12-27-21(15)28/h3-10,12,17-19,22H,11H2,1-2H3/t17-,18-,19-,22-/m1/s1. The van der Waals surface area contributed by atoms with Gasteiger partial charge in [0.15, 0.2) is 12.0 Å². The van der Waals surface area contributed by atoms with Crippen molar-refractivity contribution in [2.24, 2.45) is 0 Å². The van der Waals surface area contributed by atoms with E-state index in [-0.39, 0.29) is 24.5 Å². The number of hydrogen-bond donors (Lipinski definition) is 0. The lowest BCUT2D eigenvalue weighted by Crippen LogP contribution is -2.31. The van der Waals surface area contributed by atoms with Gasteiger partial charge in [0.2, 0.25) is 0 Å². The Balaban J connectivity index is 1.35. The highest BCUT2D eigenvalue weighted by Crippen LogP contribution is 2.45. The summed E-state index contributed by atoms with van der Waals surface area (Å²) in [5, 5.41) is 2.32. The summed E-state index contributed by atoms with van der Waals surface area (Å²) in [6.07, 6.45) is 4.87. The summed E-state index contributed by atoms with van der Waals surface area (Å²) in [6, 6.07) is 12.2. The molecule has 3 aromatic heterocycles. The summed E-state index contributed by atoms with van der Waals surface area (Å²) in [6.45, 7) is 3.87. The number of ether oxygens (including phenoxy) is 3. The van der Waals surface area contributed by atoms with Crippen LogP contribution in [0.15, 0.2) is 55.1 Å². The molecule has 4 atom stereocenters. The van der Waals surface area contributed by atoms with Crippen LogP contribution in [0.25, 0.3) is 21.9 Å². The van der Waals surface area contributed by atoms with E-state index in [2.05, 4.69) is 39.2 Å². The first-order valence-electron chi connectivity index (χ1n) is 10.3. The summed E-state index contributed by atoms with van der Waals surface area (Å²) >= 11 is 6.25. The van der Waals surface area contributed by atoms with Gasteiger partial charge in [-0.1, -0.05) is 29.8 Å². The van der Waals surface area contributed by atoms with E-state index in [1.165, 1.54) is 6.33 Å². The maximum atomic E-state index is 6.52. The highest BCUT2D eigenvalue weighted by molar-refractivity contribution is 6.33. The Morgan fingerprint density at radius 3 is 2.84 bits per heavy atom. The van der Waals surface area contributed by atoms with E-state index in [1.54, 1.807) is 0 Å². The molecular weight excluding hydrogens is 416 g/mol. The van der Waals surface area contributed by atoms with Crippen molar-refractivity contribution in [3.05, 3.63) is 65.8 Å². The van der Waals surface area contributed by atoms with Gasteiger partial charge in [0.1, 0.15) is 29.3 Å². The molecule has 4 aromatic rings. The van der Waals surface area contributed by atoms with Gasteiger partial charge in [-0.05, 0) is 37.6 Å². The maximum Gasteiger partial charge on any atom is 0.164 e. The molecule has 8 heteroatoms. The number of fused-ring (bicyclic) bond motifs is 3. The van der Waals surface area contributed by atoms with Gasteiger partial charge in [-0.2, -0.15) is 0 Å². The number of halogens is 1. The van der Waals surface area contributed by atoms with E-state index in [4.69, 9.17) is 25.8 Å². The molecule has 0 amide bonds. The third-order valence-electron chi connectivity index (χ3n) is 5.97. The van der Waals surface area contributed by atoms with E-state index < -0.39 is 5.79 Å². The Hall–Kier alpha value is -2.58. The normalized spacial score (nSPS) is 27.2. The van der Waals surface area contributed by atoms with Crippen LogP contribution < -0.4 is 0 Å². The maximum absolute atomic E-state index is 6.52. The molecule has 2 fully saturated rings. The SMILES string of the molecule is CC1(C)O[C@@H]2[C@H](O1)[C@@H](Cc1ccc3cccnc3c1)O[C@H]2n1ccc2c(Cl)ncnc21. The number of aromatic nitrogens is 4. The van der Waals surface area contributed by atoms with Crippen molar-refractivity contribution < 1.29 is 14.2 Å². The molecule has 0 unspecified atom stereocenters. The molecule has 2 aliphatic rings. The fourth-order valence-electron chi connectivity index (χ4n) is 4.66. The first kappa shape index (κ1) is 19.1. The van der Waals surface area contributed by atoms with Gasteiger partial charge in [0.05, 0.1) is 17.0 Å². The molecule has 0 radical (unpaired) electrons. The molecule has 7 nitrogen and oxygen atoms in total. The minimum absolute atomic E-state index is 0.173. The number of pyridine rings is 1. The average Bonchev–Trinajstić information content (AvgIpc) is 3.40. The molecule has 31 heavy (non-hydrogen) atoms. The summed E-state index contributed by atoms with van der Waals surface area (Å²) in [5.74, 6) is -0.684. The van der Waals surface area contributed by atoms with E-state index >= 15 is 0 Å². The Labute approximate surface area is 183 Å². The van der Waals surface area contributed by atoms with Crippen molar-refractivity contribution in [1.29, 1.82) is 0 Å². The third-order valence-corrected chi connectivity index (χ3v) is 6.27. The van der Waals surface area contributed by atoms with Gasteiger partial charge in [0, 0.05) is 24.2 Å². The van der Waals surface area contributed by atoms with Gasteiger partial charge in [-0.25, -0.2) is 9.97 Å². The first-order chi connectivity index (χ1) is 15.0. The lowest BCUT2D eigenvalue weighted by molar-refractivity contribution is -0.196. The van der Waals surface area contributed by atoms with Crippen molar-refractivity contribution in [3.8, 4) is 0 Å². The minimum atomic E-state index is -0.684. The molecule has 0 aliphatic carbocycles. The van der Waals surface area contributed by atoms with Crippen molar-refractivity contribution >= 4 is 33.5 Å². The van der Waals surface area contributed by atoms with Crippen LogP contribution in [0.4, 0.5) is 0 Å². The number of hydrogen-bond acceptors (Lipinski definition) is 6. The predicted molar refractivity (Wildman–Crippen MR) is 116 cm³/mol. The Kier molecular flexibility index (Phi) is 4.30. The number of nitrogens with zero attached hydrogens (tertiary/aromatic N) is 4. The van der Waals surface area contributed by atoms with Crippen LogP contribution >= 0.6 is 11.6 Å². The second-order valence-corrected chi connectivity index (χ2v) is 8.85. The number of benzene rings is 1. The van der Waals surface area contributed by atoms with Gasteiger partial charge < -0.3 is 18.8 Å². The molecule has 6 rings (SSSR count). The van der Waals surface area contributed by atoms with Crippen molar-refractivity contribution in [1.82, 2.24) is 19.5 Å². The van der Waals surface area contributed by atoms with Gasteiger partial charge >= 0.3 is 0 Å². The minimum Gasteiger partial charge on any atom is -0.349 e. The summed E-state index contributed by atoms with van der Waals surface area (Å²) in [5.41, 5.74) is 2.83. The zero-order chi connectivity index (χ0) is 21.2. The predicted octanol–water partition coefficient (Wildman–Crippen LogP) is 4.29. The highest BCUT2D eigenvalue weighted by Gasteiger charge is 2.55. The quantitative estimate of drug-likeness (QED) is 0.446. The van der Waals surface area contributed by atoms with Crippen LogP contribution in [-0.2, 0) is 20.6 Å². The van der Waals surface area contributed by atoms with Crippen molar-refractivity contribution in [2.75, 3.05) is 0 Å². The van der Waals surface area contributed by atoms with E-state index in [0.717, 1.165) is 21.9 Å². The second kappa shape index (κ2) is 6.97. The van der Waals surface area contributed by atoms with Gasteiger partial charge in [-0.15, -0.1) is 0 Å². The molecule has 158 valence electrons. The molecule has 5 heterocycles. The summed E-state index contributed by atoms with van der Waals surface area (Å²) in [4.78, 5) is 13.0. The largest absolute Gasteiger partial charge is 0.349 e. The molecule has 0 N–H and O–H groups in total. The molecule has 2 aliphatic heterocycles. The highest BCUT2D eigenvalue weighted by atomic mass is 35.5. The number of rotatable bonds is 3. The van der Waals surface area contributed by atoms with Crippen LogP contribution in [0.3, 0.4) is 0 Å².